The lowest BCUT2D eigenvalue weighted by Gasteiger charge is -2.08. The molecule has 3 nitrogen and oxygen atoms in total. The molecule has 1 aromatic rings. The molecule has 2 rings (SSSR count). The van der Waals surface area contributed by atoms with Gasteiger partial charge < -0.3 is 5.73 Å². The third-order valence-electron chi connectivity index (χ3n) is 2.76. The maximum absolute atomic E-state index is 5.66. The van der Waals surface area contributed by atoms with E-state index in [4.69, 9.17) is 5.73 Å². The number of rotatable bonds is 1. The van der Waals surface area contributed by atoms with Crippen molar-refractivity contribution in [2.45, 2.75) is 38.5 Å². The average molecular weight is 177 g/mol. The van der Waals surface area contributed by atoms with Gasteiger partial charge in [-0.05, 0) is 19.8 Å². The third-order valence-corrected chi connectivity index (χ3v) is 2.76. The van der Waals surface area contributed by atoms with Crippen LogP contribution in [0.4, 0.5) is 5.69 Å². The second kappa shape index (κ2) is 3.32. The normalized spacial score (nSPS) is 17.9. The summed E-state index contributed by atoms with van der Waals surface area (Å²) in [5.41, 5.74) is 7.27. The molecule has 1 aliphatic rings. The van der Waals surface area contributed by atoms with Gasteiger partial charge in [-0.15, -0.1) is 0 Å². The predicted molar refractivity (Wildman–Crippen MR) is 52.4 cm³/mol. The minimum absolute atomic E-state index is 0.583. The minimum Gasteiger partial charge on any atom is -0.396 e. The first-order valence-corrected chi connectivity index (χ1v) is 4.86. The SMILES string of the molecule is Cc1nc(C2CCCC2)ncc1N. The van der Waals surface area contributed by atoms with Crippen molar-refractivity contribution in [3.8, 4) is 0 Å². The molecule has 0 atom stereocenters. The van der Waals surface area contributed by atoms with Crippen LogP contribution in [0.2, 0.25) is 0 Å². The lowest BCUT2D eigenvalue weighted by atomic mass is 10.1. The van der Waals surface area contributed by atoms with Gasteiger partial charge in [0.2, 0.25) is 0 Å². The first-order valence-electron chi connectivity index (χ1n) is 4.86. The van der Waals surface area contributed by atoms with Crippen molar-refractivity contribution < 1.29 is 0 Å². The van der Waals surface area contributed by atoms with Crippen molar-refractivity contribution >= 4 is 5.69 Å². The van der Waals surface area contributed by atoms with Crippen molar-refractivity contribution in [1.82, 2.24) is 9.97 Å². The highest BCUT2D eigenvalue weighted by atomic mass is 14.9. The summed E-state index contributed by atoms with van der Waals surface area (Å²) in [5.74, 6) is 1.57. The molecule has 0 radical (unpaired) electrons. The summed E-state index contributed by atoms with van der Waals surface area (Å²) in [6.07, 6.45) is 6.84. The molecule has 13 heavy (non-hydrogen) atoms. The van der Waals surface area contributed by atoms with Crippen molar-refractivity contribution in [1.29, 1.82) is 0 Å². The molecule has 0 amide bonds. The highest BCUT2D eigenvalue weighted by Crippen LogP contribution is 2.32. The van der Waals surface area contributed by atoms with E-state index in [-0.39, 0.29) is 0 Å². The molecule has 0 spiro atoms. The Bertz CT molecular complexity index is 303. The number of hydrogen-bond donors (Lipinski definition) is 1. The lowest BCUT2D eigenvalue weighted by Crippen LogP contribution is -2.04. The summed E-state index contributed by atoms with van der Waals surface area (Å²) >= 11 is 0. The first kappa shape index (κ1) is 8.48. The van der Waals surface area contributed by atoms with E-state index in [2.05, 4.69) is 9.97 Å². The Balaban J connectivity index is 2.25. The molecule has 2 N–H and O–H groups in total. The van der Waals surface area contributed by atoms with Gasteiger partial charge in [0.05, 0.1) is 17.6 Å². The van der Waals surface area contributed by atoms with Gasteiger partial charge in [0.25, 0.3) is 0 Å². The van der Waals surface area contributed by atoms with Gasteiger partial charge in [-0.1, -0.05) is 12.8 Å². The van der Waals surface area contributed by atoms with Crippen LogP contribution in [0.1, 0.15) is 43.1 Å². The Morgan fingerprint density at radius 2 is 2.08 bits per heavy atom. The van der Waals surface area contributed by atoms with Crippen LogP contribution in [0.3, 0.4) is 0 Å². The van der Waals surface area contributed by atoms with Crippen molar-refractivity contribution in [3.63, 3.8) is 0 Å². The molecular weight excluding hydrogens is 162 g/mol. The van der Waals surface area contributed by atoms with Crippen LogP contribution in [0.15, 0.2) is 6.20 Å². The summed E-state index contributed by atoms with van der Waals surface area (Å²) in [6, 6.07) is 0. The van der Waals surface area contributed by atoms with Crippen molar-refractivity contribution in [3.05, 3.63) is 17.7 Å². The quantitative estimate of drug-likeness (QED) is 0.714. The molecule has 1 fully saturated rings. The molecule has 1 heterocycles. The summed E-state index contributed by atoms with van der Waals surface area (Å²) < 4.78 is 0. The summed E-state index contributed by atoms with van der Waals surface area (Å²) in [7, 11) is 0. The lowest BCUT2D eigenvalue weighted by molar-refractivity contribution is 0.664. The minimum atomic E-state index is 0.583. The number of hydrogen-bond acceptors (Lipinski definition) is 3. The van der Waals surface area contributed by atoms with Crippen LogP contribution in [0, 0.1) is 6.92 Å². The number of anilines is 1. The van der Waals surface area contributed by atoms with Gasteiger partial charge in [-0.3, -0.25) is 0 Å². The van der Waals surface area contributed by atoms with Crippen LogP contribution in [-0.2, 0) is 0 Å². The monoisotopic (exact) mass is 177 g/mol. The topological polar surface area (TPSA) is 51.8 Å². The largest absolute Gasteiger partial charge is 0.396 e. The molecule has 1 aliphatic carbocycles. The first-order chi connectivity index (χ1) is 6.27. The van der Waals surface area contributed by atoms with Gasteiger partial charge in [0.1, 0.15) is 5.82 Å². The van der Waals surface area contributed by atoms with E-state index in [1.807, 2.05) is 6.92 Å². The second-order valence-corrected chi connectivity index (χ2v) is 3.75. The van der Waals surface area contributed by atoms with E-state index in [1.165, 1.54) is 25.7 Å². The van der Waals surface area contributed by atoms with Gasteiger partial charge >= 0.3 is 0 Å². The Hall–Kier alpha value is -1.12. The summed E-state index contributed by atoms with van der Waals surface area (Å²) in [5, 5.41) is 0. The fourth-order valence-corrected chi connectivity index (χ4v) is 1.88. The standard InChI is InChI=1S/C10H15N3/c1-7-9(11)6-12-10(13-7)8-4-2-3-5-8/h6,8H,2-5,11H2,1H3. The second-order valence-electron chi connectivity index (χ2n) is 3.75. The Kier molecular flexibility index (Phi) is 2.17. The summed E-state index contributed by atoms with van der Waals surface area (Å²) in [6.45, 7) is 1.94. The van der Waals surface area contributed by atoms with Crippen LogP contribution in [0.25, 0.3) is 0 Å². The molecule has 0 aliphatic heterocycles. The van der Waals surface area contributed by atoms with Crippen LogP contribution >= 0.6 is 0 Å². The molecule has 1 saturated carbocycles. The van der Waals surface area contributed by atoms with E-state index < -0.39 is 0 Å². The molecule has 1 aromatic heterocycles. The Labute approximate surface area is 78.4 Å². The average Bonchev–Trinajstić information content (AvgIpc) is 2.62. The van der Waals surface area contributed by atoms with Crippen LogP contribution < -0.4 is 5.73 Å². The third kappa shape index (κ3) is 1.64. The number of nitrogens with zero attached hydrogens (tertiary/aromatic N) is 2. The van der Waals surface area contributed by atoms with Crippen LogP contribution in [-0.4, -0.2) is 9.97 Å². The van der Waals surface area contributed by atoms with Crippen molar-refractivity contribution in [2.24, 2.45) is 0 Å². The highest BCUT2D eigenvalue weighted by molar-refractivity contribution is 5.39. The molecule has 0 saturated heterocycles. The van der Waals surface area contributed by atoms with E-state index in [0.717, 1.165) is 11.5 Å². The Morgan fingerprint density at radius 3 is 2.69 bits per heavy atom. The molecule has 70 valence electrons. The predicted octanol–water partition coefficient (Wildman–Crippen LogP) is 2.02. The van der Waals surface area contributed by atoms with Gasteiger partial charge in [-0.2, -0.15) is 0 Å². The zero-order valence-electron chi connectivity index (χ0n) is 7.95. The highest BCUT2D eigenvalue weighted by Gasteiger charge is 2.19. The molecular formula is C10H15N3. The van der Waals surface area contributed by atoms with Crippen molar-refractivity contribution in [2.75, 3.05) is 5.73 Å². The molecule has 0 aromatic carbocycles. The molecule has 0 unspecified atom stereocenters. The number of aromatic nitrogens is 2. The van der Waals surface area contributed by atoms with E-state index in [0.29, 0.717) is 11.6 Å². The maximum atomic E-state index is 5.66. The van der Waals surface area contributed by atoms with Gasteiger partial charge in [-0.25, -0.2) is 9.97 Å². The smallest absolute Gasteiger partial charge is 0.131 e. The Morgan fingerprint density at radius 1 is 1.38 bits per heavy atom. The van der Waals surface area contributed by atoms with E-state index >= 15 is 0 Å². The fourth-order valence-electron chi connectivity index (χ4n) is 1.88. The van der Waals surface area contributed by atoms with Gasteiger partial charge in [0.15, 0.2) is 0 Å². The fraction of sp³-hybridized carbons (Fsp3) is 0.600. The molecule has 0 bridgehead atoms. The molecule has 3 heteroatoms. The zero-order valence-corrected chi connectivity index (χ0v) is 7.95. The van der Waals surface area contributed by atoms with E-state index in [9.17, 15) is 0 Å². The zero-order chi connectivity index (χ0) is 9.26. The van der Waals surface area contributed by atoms with Gasteiger partial charge in [0, 0.05) is 5.92 Å². The number of aryl methyl sites for hydroxylation is 1. The maximum Gasteiger partial charge on any atom is 0.131 e. The van der Waals surface area contributed by atoms with Crippen LogP contribution in [0.5, 0.6) is 0 Å². The summed E-state index contributed by atoms with van der Waals surface area (Å²) in [4.78, 5) is 8.70. The number of nitrogens with two attached hydrogens (primary N) is 1. The van der Waals surface area contributed by atoms with E-state index in [1.54, 1.807) is 6.20 Å². The number of nitrogen functional groups attached to an aromatic ring is 1.